The van der Waals surface area contributed by atoms with Crippen LogP contribution in [0.2, 0.25) is 0 Å². The minimum atomic E-state index is -3.69. The van der Waals surface area contributed by atoms with Gasteiger partial charge >= 0.3 is 0 Å². The van der Waals surface area contributed by atoms with Crippen molar-refractivity contribution >= 4 is 27.3 Å². The average molecular weight is 479 g/mol. The van der Waals surface area contributed by atoms with Crippen LogP contribution in [0.25, 0.3) is 10.7 Å². The highest BCUT2D eigenvalue weighted by atomic mass is 32.2. The zero-order valence-corrected chi connectivity index (χ0v) is 20.1. The van der Waals surface area contributed by atoms with Crippen molar-refractivity contribution in [3.63, 3.8) is 0 Å². The molecule has 3 aliphatic rings. The van der Waals surface area contributed by atoms with E-state index in [0.717, 1.165) is 51.6 Å². The van der Waals surface area contributed by atoms with Gasteiger partial charge < -0.3 is 9.42 Å². The Morgan fingerprint density at radius 1 is 1.09 bits per heavy atom. The van der Waals surface area contributed by atoms with Crippen molar-refractivity contribution in [3.05, 3.63) is 16.8 Å². The van der Waals surface area contributed by atoms with Crippen molar-refractivity contribution in [2.24, 2.45) is 5.92 Å². The van der Waals surface area contributed by atoms with Crippen molar-refractivity contribution in [2.45, 2.75) is 69.1 Å². The quantitative estimate of drug-likeness (QED) is 0.649. The van der Waals surface area contributed by atoms with E-state index in [-0.39, 0.29) is 18.4 Å². The topological polar surface area (TPSA) is 96.6 Å². The summed E-state index contributed by atoms with van der Waals surface area (Å²) in [6, 6.07) is 1.67. The van der Waals surface area contributed by atoms with Crippen LogP contribution in [0.15, 0.2) is 15.5 Å². The van der Waals surface area contributed by atoms with E-state index in [1.165, 1.54) is 22.1 Å². The first kappa shape index (κ1) is 22.0. The molecule has 2 aromatic heterocycles. The van der Waals surface area contributed by atoms with Crippen LogP contribution in [0.5, 0.6) is 0 Å². The molecule has 0 radical (unpaired) electrons. The summed E-state index contributed by atoms with van der Waals surface area (Å²) in [7, 11) is -3.69. The van der Waals surface area contributed by atoms with Crippen molar-refractivity contribution < 1.29 is 17.7 Å². The van der Waals surface area contributed by atoms with Crippen LogP contribution in [0.3, 0.4) is 0 Å². The van der Waals surface area contributed by atoms with Gasteiger partial charge in [-0.1, -0.05) is 11.6 Å². The molecular weight excluding hydrogens is 448 g/mol. The molecule has 0 N–H and O–H groups in total. The van der Waals surface area contributed by atoms with Crippen molar-refractivity contribution in [1.29, 1.82) is 0 Å². The minimum absolute atomic E-state index is 0.114. The lowest BCUT2D eigenvalue weighted by Gasteiger charge is -2.35. The van der Waals surface area contributed by atoms with Crippen LogP contribution in [0, 0.1) is 12.8 Å². The second kappa shape index (κ2) is 8.87. The highest BCUT2D eigenvalue weighted by Gasteiger charge is 2.37. The fourth-order valence-electron chi connectivity index (χ4n) is 4.86. The van der Waals surface area contributed by atoms with Crippen LogP contribution in [0.1, 0.15) is 68.1 Å². The average Bonchev–Trinajstić information content (AvgIpc) is 3.40. The highest BCUT2D eigenvalue weighted by molar-refractivity contribution is 7.89. The number of carbonyl (C=O) groups excluding carboxylic acids is 1. The van der Waals surface area contributed by atoms with Gasteiger partial charge in [0.1, 0.15) is 0 Å². The standard InChI is InChI=1S/C22H30N4O4S2/c1-15-19(13-18(31-15)20-23-21(30-24-20)16-7-5-8-16)32(28,29)26-12-6-9-17(14-26)22(27)25-10-3-2-4-11-25/h13,16-17H,2-12,14H2,1H3/t17-/m0/s1. The number of amides is 1. The maximum Gasteiger partial charge on any atom is 0.244 e. The van der Waals surface area contributed by atoms with Gasteiger partial charge in [0, 0.05) is 37.0 Å². The molecule has 2 aliphatic heterocycles. The van der Waals surface area contributed by atoms with Crippen LogP contribution >= 0.6 is 11.3 Å². The van der Waals surface area contributed by atoms with Crippen LogP contribution in [-0.2, 0) is 14.8 Å². The number of hydrogen-bond acceptors (Lipinski definition) is 7. The first-order valence-corrected chi connectivity index (χ1v) is 13.9. The van der Waals surface area contributed by atoms with E-state index in [1.807, 2.05) is 11.8 Å². The predicted molar refractivity (Wildman–Crippen MR) is 121 cm³/mol. The van der Waals surface area contributed by atoms with Crippen molar-refractivity contribution in [3.8, 4) is 10.7 Å². The van der Waals surface area contributed by atoms with Gasteiger partial charge in [0.2, 0.25) is 27.6 Å². The highest BCUT2D eigenvalue weighted by Crippen LogP contribution is 2.38. The minimum Gasteiger partial charge on any atom is -0.342 e. The van der Waals surface area contributed by atoms with E-state index in [2.05, 4.69) is 10.1 Å². The SMILES string of the molecule is Cc1sc(-c2noc(C3CCC3)n2)cc1S(=O)(=O)N1CCC[C@H](C(=O)N2CCCCC2)C1. The fourth-order valence-corrected chi connectivity index (χ4v) is 7.87. The number of rotatable bonds is 5. The predicted octanol–water partition coefficient (Wildman–Crippen LogP) is 3.79. The monoisotopic (exact) mass is 478 g/mol. The number of aromatic nitrogens is 2. The number of thiophene rings is 1. The molecule has 1 aliphatic carbocycles. The first-order valence-electron chi connectivity index (χ1n) is 11.7. The van der Waals surface area contributed by atoms with Gasteiger partial charge in [-0.25, -0.2) is 8.42 Å². The Hall–Kier alpha value is -1.78. The Morgan fingerprint density at radius 2 is 1.88 bits per heavy atom. The number of likely N-dealkylation sites (tertiary alicyclic amines) is 1. The molecule has 174 valence electrons. The molecular formula is C22H30N4O4S2. The fraction of sp³-hybridized carbons (Fsp3) is 0.682. The Kier molecular flexibility index (Phi) is 6.11. The summed E-state index contributed by atoms with van der Waals surface area (Å²) in [6.07, 6.45) is 8.01. The molecule has 0 aromatic carbocycles. The van der Waals surface area contributed by atoms with Crippen molar-refractivity contribution in [1.82, 2.24) is 19.3 Å². The third-order valence-corrected chi connectivity index (χ3v) is 10.2. The summed E-state index contributed by atoms with van der Waals surface area (Å²) in [5, 5.41) is 4.09. The van der Waals surface area contributed by atoms with Gasteiger partial charge in [0.25, 0.3) is 0 Å². The zero-order chi connectivity index (χ0) is 22.3. The molecule has 2 aromatic rings. The number of carbonyl (C=O) groups is 1. The second-order valence-electron chi connectivity index (χ2n) is 9.20. The summed E-state index contributed by atoms with van der Waals surface area (Å²) >= 11 is 1.37. The summed E-state index contributed by atoms with van der Waals surface area (Å²) in [4.78, 5) is 21.1. The molecule has 5 rings (SSSR count). The third kappa shape index (κ3) is 4.12. The summed E-state index contributed by atoms with van der Waals surface area (Å²) in [5.74, 6) is 1.30. The molecule has 0 spiro atoms. The van der Waals surface area contributed by atoms with Crippen LogP contribution in [0.4, 0.5) is 0 Å². The van der Waals surface area contributed by atoms with E-state index in [9.17, 15) is 13.2 Å². The van der Waals surface area contributed by atoms with Gasteiger partial charge in [-0.3, -0.25) is 4.79 Å². The van der Waals surface area contributed by atoms with Gasteiger partial charge in [0.15, 0.2) is 0 Å². The molecule has 10 heteroatoms. The van der Waals surface area contributed by atoms with E-state index in [4.69, 9.17) is 4.52 Å². The van der Waals surface area contributed by atoms with E-state index in [1.54, 1.807) is 6.07 Å². The molecule has 4 heterocycles. The summed E-state index contributed by atoms with van der Waals surface area (Å²) in [5.41, 5.74) is 0. The molecule has 2 saturated heterocycles. The van der Waals surface area contributed by atoms with E-state index >= 15 is 0 Å². The Morgan fingerprint density at radius 3 is 2.59 bits per heavy atom. The molecule has 3 fully saturated rings. The Labute approximate surface area is 193 Å². The summed E-state index contributed by atoms with van der Waals surface area (Å²) < 4.78 is 33.9. The summed E-state index contributed by atoms with van der Waals surface area (Å²) in [6.45, 7) is 4.11. The second-order valence-corrected chi connectivity index (χ2v) is 12.4. The number of aryl methyl sites for hydroxylation is 1. The maximum atomic E-state index is 13.5. The lowest BCUT2D eigenvalue weighted by atomic mass is 9.85. The molecule has 8 nitrogen and oxygen atoms in total. The molecule has 1 amide bonds. The number of nitrogens with zero attached hydrogens (tertiary/aromatic N) is 4. The molecule has 0 bridgehead atoms. The first-order chi connectivity index (χ1) is 15.4. The van der Waals surface area contributed by atoms with Gasteiger partial charge in [-0.05, 0) is 57.9 Å². The molecule has 1 saturated carbocycles. The number of piperidine rings is 2. The number of hydrogen-bond donors (Lipinski definition) is 0. The molecule has 1 atom stereocenters. The number of sulfonamides is 1. The molecule has 32 heavy (non-hydrogen) atoms. The van der Waals surface area contributed by atoms with Gasteiger partial charge in [-0.2, -0.15) is 9.29 Å². The lowest BCUT2D eigenvalue weighted by Crippen LogP contribution is -2.47. The van der Waals surface area contributed by atoms with Gasteiger partial charge in [-0.15, -0.1) is 11.3 Å². The Bertz CT molecular complexity index is 1080. The van der Waals surface area contributed by atoms with Crippen molar-refractivity contribution in [2.75, 3.05) is 26.2 Å². The Balaban J connectivity index is 1.33. The van der Waals surface area contributed by atoms with E-state index < -0.39 is 10.0 Å². The molecule has 0 unspecified atom stereocenters. The van der Waals surface area contributed by atoms with E-state index in [0.29, 0.717) is 45.2 Å². The smallest absolute Gasteiger partial charge is 0.244 e. The lowest BCUT2D eigenvalue weighted by molar-refractivity contribution is -0.137. The largest absolute Gasteiger partial charge is 0.342 e. The zero-order valence-electron chi connectivity index (χ0n) is 18.5. The van der Waals surface area contributed by atoms with Gasteiger partial charge in [0.05, 0.1) is 15.7 Å². The van der Waals surface area contributed by atoms with Crippen LogP contribution < -0.4 is 0 Å². The maximum absolute atomic E-state index is 13.5. The third-order valence-electron chi connectivity index (χ3n) is 7.01. The normalized spacial score (nSPS) is 23.3. The van der Waals surface area contributed by atoms with Crippen LogP contribution in [-0.4, -0.2) is 59.8 Å².